The molecule has 0 aliphatic carbocycles. The van der Waals surface area contributed by atoms with Gasteiger partial charge in [0, 0.05) is 43.2 Å². The van der Waals surface area contributed by atoms with E-state index in [1.54, 1.807) is 0 Å². The molecule has 2 nitrogen and oxygen atoms in total. The molecule has 0 saturated carbocycles. The zero-order valence-corrected chi connectivity index (χ0v) is 11.1. The van der Waals surface area contributed by atoms with Crippen LogP contribution in [-0.4, -0.2) is 26.2 Å². The fourth-order valence-corrected chi connectivity index (χ4v) is 2.42. The minimum atomic E-state index is 0.730. The van der Waals surface area contributed by atoms with Gasteiger partial charge >= 0.3 is 0 Å². The van der Waals surface area contributed by atoms with Gasteiger partial charge in [-0.2, -0.15) is 12.6 Å². The molecule has 1 aromatic carbocycles. The second-order valence-electron chi connectivity index (χ2n) is 4.33. The summed E-state index contributed by atoms with van der Waals surface area (Å²) < 4.78 is 0. The molecule has 0 aromatic heterocycles. The zero-order chi connectivity index (χ0) is 12.3. The highest BCUT2D eigenvalue weighted by atomic mass is 32.1. The molecule has 1 aliphatic rings. The van der Waals surface area contributed by atoms with E-state index in [0.717, 1.165) is 37.5 Å². The maximum absolute atomic E-state index is 5.57. The Balaban J connectivity index is 2.40. The third-order valence-electron chi connectivity index (χ3n) is 3.24. The van der Waals surface area contributed by atoms with Crippen molar-refractivity contribution in [3.8, 4) is 12.3 Å². The average molecular weight is 246 g/mol. The molecule has 1 fully saturated rings. The minimum Gasteiger partial charge on any atom is -0.369 e. The summed E-state index contributed by atoms with van der Waals surface area (Å²) in [6.45, 7) is 6.27. The van der Waals surface area contributed by atoms with Gasteiger partial charge in [-0.25, -0.2) is 0 Å². The van der Waals surface area contributed by atoms with Crippen LogP contribution in [0.4, 0.5) is 5.69 Å². The molecule has 1 heterocycles. The molecular weight excluding hydrogens is 228 g/mol. The second-order valence-corrected chi connectivity index (χ2v) is 4.64. The number of thiol groups is 1. The summed E-state index contributed by atoms with van der Waals surface area (Å²) in [5.41, 5.74) is 4.66. The summed E-state index contributed by atoms with van der Waals surface area (Å²) in [6.07, 6.45) is 5.57. The molecule has 17 heavy (non-hydrogen) atoms. The highest BCUT2D eigenvalue weighted by Crippen LogP contribution is 2.26. The van der Waals surface area contributed by atoms with E-state index >= 15 is 0 Å². The van der Waals surface area contributed by atoms with Crippen molar-refractivity contribution >= 4 is 18.3 Å². The molecule has 3 heteroatoms. The van der Waals surface area contributed by atoms with E-state index in [9.17, 15) is 0 Å². The molecular formula is C14H18N2S. The van der Waals surface area contributed by atoms with Crippen molar-refractivity contribution in [2.45, 2.75) is 12.7 Å². The fraction of sp³-hybridized carbons (Fsp3) is 0.429. The first kappa shape index (κ1) is 12.3. The van der Waals surface area contributed by atoms with Gasteiger partial charge in [0.25, 0.3) is 0 Å². The second kappa shape index (κ2) is 5.48. The van der Waals surface area contributed by atoms with E-state index in [2.05, 4.69) is 47.8 Å². The smallest absolute Gasteiger partial charge is 0.0412 e. The van der Waals surface area contributed by atoms with Crippen LogP contribution in [0.5, 0.6) is 0 Å². The SMILES string of the molecule is C#Cc1cc(CS)cc(N2CCNCC2)c1C. The van der Waals surface area contributed by atoms with Crippen molar-refractivity contribution in [3.05, 3.63) is 28.8 Å². The van der Waals surface area contributed by atoms with Crippen LogP contribution >= 0.6 is 12.6 Å². The normalized spacial score (nSPS) is 15.7. The van der Waals surface area contributed by atoms with Gasteiger partial charge in [0.2, 0.25) is 0 Å². The molecule has 0 atom stereocenters. The van der Waals surface area contributed by atoms with Crippen LogP contribution in [0.3, 0.4) is 0 Å². The lowest BCUT2D eigenvalue weighted by Gasteiger charge is -2.31. The number of hydrogen-bond acceptors (Lipinski definition) is 3. The van der Waals surface area contributed by atoms with Gasteiger partial charge in [0.15, 0.2) is 0 Å². The Bertz CT molecular complexity index is 442. The summed E-state index contributed by atoms with van der Waals surface area (Å²) >= 11 is 4.34. The quantitative estimate of drug-likeness (QED) is 0.611. The number of hydrogen-bond donors (Lipinski definition) is 2. The Morgan fingerprint density at radius 2 is 2.12 bits per heavy atom. The Hall–Kier alpha value is -1.11. The number of terminal acetylenes is 1. The lowest BCUT2D eigenvalue weighted by Crippen LogP contribution is -2.43. The molecule has 1 saturated heterocycles. The number of benzene rings is 1. The third kappa shape index (κ3) is 2.59. The highest BCUT2D eigenvalue weighted by molar-refractivity contribution is 7.79. The summed E-state index contributed by atoms with van der Waals surface area (Å²) in [7, 11) is 0. The van der Waals surface area contributed by atoms with Crippen molar-refractivity contribution in [2.24, 2.45) is 0 Å². The molecule has 1 N–H and O–H groups in total. The third-order valence-corrected chi connectivity index (χ3v) is 3.60. The van der Waals surface area contributed by atoms with Crippen molar-refractivity contribution in [2.75, 3.05) is 31.1 Å². The number of rotatable bonds is 2. The van der Waals surface area contributed by atoms with Gasteiger partial charge in [-0.3, -0.25) is 0 Å². The van der Waals surface area contributed by atoms with E-state index in [1.165, 1.54) is 16.8 Å². The maximum atomic E-state index is 5.57. The number of anilines is 1. The van der Waals surface area contributed by atoms with Crippen LogP contribution in [0.1, 0.15) is 16.7 Å². The summed E-state index contributed by atoms with van der Waals surface area (Å²) in [4.78, 5) is 2.40. The number of nitrogens with zero attached hydrogens (tertiary/aromatic N) is 1. The molecule has 90 valence electrons. The Morgan fingerprint density at radius 3 is 2.71 bits per heavy atom. The lowest BCUT2D eigenvalue weighted by molar-refractivity contribution is 0.588. The van der Waals surface area contributed by atoms with E-state index in [0.29, 0.717) is 0 Å². The van der Waals surface area contributed by atoms with Crippen LogP contribution < -0.4 is 10.2 Å². The number of piperazine rings is 1. The van der Waals surface area contributed by atoms with Crippen LogP contribution in [0.15, 0.2) is 12.1 Å². The van der Waals surface area contributed by atoms with Crippen molar-refractivity contribution < 1.29 is 0 Å². The molecule has 0 spiro atoms. The number of nitrogens with one attached hydrogen (secondary N) is 1. The van der Waals surface area contributed by atoms with Gasteiger partial charge in [0.1, 0.15) is 0 Å². The van der Waals surface area contributed by atoms with Gasteiger partial charge in [0.05, 0.1) is 0 Å². The Labute approximate surface area is 109 Å². The fourth-order valence-electron chi connectivity index (χ4n) is 2.23. The molecule has 2 rings (SSSR count). The van der Waals surface area contributed by atoms with Crippen LogP contribution in [0.2, 0.25) is 0 Å². The van der Waals surface area contributed by atoms with E-state index in [4.69, 9.17) is 6.42 Å². The monoisotopic (exact) mass is 246 g/mol. The van der Waals surface area contributed by atoms with E-state index in [1.807, 2.05) is 0 Å². The average Bonchev–Trinajstić information content (AvgIpc) is 2.40. The Kier molecular flexibility index (Phi) is 3.98. The molecule has 0 radical (unpaired) electrons. The maximum Gasteiger partial charge on any atom is 0.0412 e. The van der Waals surface area contributed by atoms with Crippen LogP contribution in [-0.2, 0) is 5.75 Å². The lowest BCUT2D eigenvalue weighted by atomic mass is 10.0. The molecule has 1 aliphatic heterocycles. The summed E-state index contributed by atoms with van der Waals surface area (Å²) in [5, 5.41) is 3.36. The first-order valence-corrected chi connectivity index (χ1v) is 6.56. The largest absolute Gasteiger partial charge is 0.369 e. The summed E-state index contributed by atoms with van der Waals surface area (Å²) in [5.74, 6) is 3.50. The minimum absolute atomic E-state index is 0.730. The first-order chi connectivity index (χ1) is 8.26. The molecule has 0 bridgehead atoms. The molecule has 0 unspecified atom stereocenters. The van der Waals surface area contributed by atoms with Crippen molar-refractivity contribution in [3.63, 3.8) is 0 Å². The first-order valence-electron chi connectivity index (χ1n) is 5.93. The van der Waals surface area contributed by atoms with E-state index in [-0.39, 0.29) is 0 Å². The van der Waals surface area contributed by atoms with Gasteiger partial charge < -0.3 is 10.2 Å². The van der Waals surface area contributed by atoms with E-state index < -0.39 is 0 Å². The highest BCUT2D eigenvalue weighted by Gasteiger charge is 2.14. The predicted molar refractivity (Wildman–Crippen MR) is 76.9 cm³/mol. The van der Waals surface area contributed by atoms with Crippen molar-refractivity contribution in [1.29, 1.82) is 0 Å². The topological polar surface area (TPSA) is 15.3 Å². The molecule has 1 aromatic rings. The standard InChI is InChI=1S/C14H18N2S/c1-3-13-8-12(10-17)9-14(11(13)2)16-6-4-15-5-7-16/h1,8-9,15,17H,4-7,10H2,2H3. The summed E-state index contributed by atoms with van der Waals surface area (Å²) in [6, 6.07) is 4.28. The van der Waals surface area contributed by atoms with Gasteiger partial charge in [-0.15, -0.1) is 6.42 Å². The van der Waals surface area contributed by atoms with Crippen molar-refractivity contribution in [1.82, 2.24) is 5.32 Å². The Morgan fingerprint density at radius 1 is 1.41 bits per heavy atom. The zero-order valence-electron chi connectivity index (χ0n) is 10.2. The molecule has 0 amide bonds. The van der Waals surface area contributed by atoms with Crippen LogP contribution in [0, 0.1) is 19.3 Å². The van der Waals surface area contributed by atoms with Gasteiger partial charge in [-0.05, 0) is 30.2 Å². The van der Waals surface area contributed by atoms with Gasteiger partial charge in [-0.1, -0.05) is 5.92 Å². The van der Waals surface area contributed by atoms with Crippen LogP contribution in [0.25, 0.3) is 0 Å². The predicted octanol–water partition coefficient (Wildman–Crippen LogP) is 1.82.